The lowest BCUT2D eigenvalue weighted by Crippen LogP contribution is -2.35. The number of nitrogens with one attached hydrogen (secondary N) is 1. The normalized spacial score (nSPS) is 13.1. The van der Waals surface area contributed by atoms with E-state index >= 15 is 0 Å². The minimum atomic E-state index is -5.85. The standard InChI is InChI=1S/C28H27F3N3O6PS2/c29-28(30,31)24-16-21(8-9-22(24)19-32)27(41(35,36)37)33-43(38,39)26-17-20-10-11-23(18-25(20)42-26)40-15-7-2-1-4-12-34-13-5-3-6-14-34/h3,5-6,8-11,13-14,16-18,27,33H,1-2,4,7,12,15H2,(H-,35,36,37)/p-1. The summed E-state index contributed by atoms with van der Waals surface area (Å²) in [5, 5.41) is 9.47. The van der Waals surface area contributed by atoms with Crippen molar-refractivity contribution in [1.29, 1.82) is 5.26 Å². The molecule has 15 heteroatoms. The lowest BCUT2D eigenvalue weighted by atomic mass is 10.0. The number of benzene rings is 2. The van der Waals surface area contributed by atoms with Crippen LogP contribution in [0.1, 0.15) is 48.2 Å². The Balaban J connectivity index is 1.42. The summed E-state index contributed by atoms with van der Waals surface area (Å²) in [5.41, 5.74) is -3.07. The summed E-state index contributed by atoms with van der Waals surface area (Å²) in [6, 6.07) is 15.2. The minimum Gasteiger partial charge on any atom is -0.809 e. The molecule has 0 saturated carbocycles. The van der Waals surface area contributed by atoms with Gasteiger partial charge in [0.25, 0.3) is 10.0 Å². The lowest BCUT2D eigenvalue weighted by Gasteiger charge is -2.38. The zero-order chi connectivity index (χ0) is 31.3. The van der Waals surface area contributed by atoms with Crippen molar-refractivity contribution in [2.45, 2.75) is 48.4 Å². The van der Waals surface area contributed by atoms with Crippen LogP contribution < -0.4 is 23.8 Å². The Kier molecular flexibility index (Phi) is 10.3. The molecule has 4 rings (SSSR count). The van der Waals surface area contributed by atoms with Crippen LogP contribution in [0.25, 0.3) is 10.1 Å². The number of pyridine rings is 1. The minimum absolute atomic E-state index is 0.283. The largest absolute Gasteiger partial charge is 0.809 e. The molecule has 0 saturated heterocycles. The van der Waals surface area contributed by atoms with Gasteiger partial charge in [-0.25, -0.2) is 13.0 Å². The quantitative estimate of drug-likeness (QED) is 0.126. The number of unbranched alkanes of at least 4 members (excludes halogenated alkanes) is 3. The van der Waals surface area contributed by atoms with Gasteiger partial charge >= 0.3 is 6.18 Å². The number of hydrogen-bond donors (Lipinski definition) is 1. The molecule has 0 radical (unpaired) electrons. The van der Waals surface area contributed by atoms with Crippen LogP contribution in [0.4, 0.5) is 13.2 Å². The summed E-state index contributed by atoms with van der Waals surface area (Å²) in [6.45, 7) is 1.39. The Hall–Kier alpha value is -3.31. The fourth-order valence-corrected chi connectivity index (χ4v) is 8.28. The molecule has 2 aromatic heterocycles. The van der Waals surface area contributed by atoms with E-state index in [0.717, 1.165) is 49.6 Å². The second-order valence-corrected chi connectivity index (χ2v) is 14.2. The first kappa shape index (κ1) is 32.6. The van der Waals surface area contributed by atoms with Crippen molar-refractivity contribution < 1.29 is 45.2 Å². The predicted molar refractivity (Wildman–Crippen MR) is 149 cm³/mol. The van der Waals surface area contributed by atoms with Gasteiger partial charge in [-0.05, 0) is 74.2 Å². The summed E-state index contributed by atoms with van der Waals surface area (Å²) in [6.07, 6.45) is 2.84. The van der Waals surface area contributed by atoms with E-state index in [2.05, 4.69) is 4.57 Å². The van der Waals surface area contributed by atoms with Gasteiger partial charge in [-0.3, -0.25) is 0 Å². The van der Waals surface area contributed by atoms with Gasteiger partial charge in [0.1, 0.15) is 16.5 Å². The summed E-state index contributed by atoms with van der Waals surface area (Å²) in [7, 11) is -10.5. The van der Waals surface area contributed by atoms with Crippen LogP contribution in [-0.4, -0.2) is 15.0 Å². The SMILES string of the molecule is N#Cc1ccc(C(NS(=O)(=O)c2cc3ccc(OCCCCCC[n+]4ccccc4)cc3s2)P(=O)([O-])[O-])cc1C(F)(F)F. The van der Waals surface area contributed by atoms with E-state index in [4.69, 9.17) is 10.00 Å². The van der Waals surface area contributed by atoms with Gasteiger partial charge < -0.3 is 19.1 Å². The topological polar surface area (TPSA) is 146 Å². The van der Waals surface area contributed by atoms with Crippen molar-refractivity contribution in [2.75, 3.05) is 6.61 Å². The highest BCUT2D eigenvalue weighted by Crippen LogP contribution is 2.45. The average Bonchev–Trinajstić information content (AvgIpc) is 3.39. The third kappa shape index (κ3) is 8.63. The molecule has 0 aliphatic heterocycles. The van der Waals surface area contributed by atoms with Gasteiger partial charge in [-0.15, -0.1) is 11.3 Å². The zero-order valence-electron chi connectivity index (χ0n) is 22.5. The molecule has 1 atom stereocenters. The average molecular weight is 653 g/mol. The number of nitrogens with zero attached hydrogens (tertiary/aromatic N) is 2. The lowest BCUT2D eigenvalue weighted by molar-refractivity contribution is -0.697. The molecule has 0 amide bonds. The van der Waals surface area contributed by atoms with E-state index in [9.17, 15) is 35.9 Å². The van der Waals surface area contributed by atoms with Crippen molar-refractivity contribution in [3.63, 3.8) is 0 Å². The van der Waals surface area contributed by atoms with Gasteiger partial charge in [-0.1, -0.05) is 12.1 Å². The number of aryl methyl sites for hydroxylation is 1. The number of ether oxygens (including phenoxy) is 1. The van der Waals surface area contributed by atoms with Crippen molar-refractivity contribution >= 4 is 39.0 Å². The third-order valence-electron chi connectivity index (χ3n) is 6.46. The van der Waals surface area contributed by atoms with E-state index in [1.54, 1.807) is 22.9 Å². The van der Waals surface area contributed by atoms with E-state index in [1.807, 2.05) is 30.6 Å². The molecule has 2 aromatic carbocycles. The Morgan fingerprint density at radius 2 is 1.74 bits per heavy atom. The first-order valence-electron chi connectivity index (χ1n) is 13.0. The fraction of sp³-hybridized carbons (Fsp3) is 0.286. The van der Waals surface area contributed by atoms with Gasteiger partial charge in [0, 0.05) is 23.3 Å². The summed E-state index contributed by atoms with van der Waals surface area (Å²) in [5.74, 6) is -2.04. The smallest absolute Gasteiger partial charge is 0.417 e. The highest BCUT2D eigenvalue weighted by Gasteiger charge is 2.35. The Bertz CT molecular complexity index is 1770. The van der Waals surface area contributed by atoms with Gasteiger partial charge in [0.05, 0.1) is 29.6 Å². The van der Waals surface area contributed by atoms with Gasteiger partial charge in [-0.2, -0.15) is 23.2 Å². The Morgan fingerprint density at radius 3 is 2.42 bits per heavy atom. The predicted octanol–water partition coefficient (Wildman–Crippen LogP) is 4.61. The molecule has 1 unspecified atom stereocenters. The molecule has 228 valence electrons. The fourth-order valence-electron chi connectivity index (χ4n) is 4.32. The Morgan fingerprint density at radius 1 is 1.02 bits per heavy atom. The highest BCUT2D eigenvalue weighted by atomic mass is 32.2. The third-order valence-corrected chi connectivity index (χ3v) is 10.7. The molecule has 0 aliphatic rings. The maximum Gasteiger partial charge on any atom is 0.417 e. The number of fused-ring (bicyclic) bond motifs is 1. The number of rotatable bonds is 13. The van der Waals surface area contributed by atoms with Gasteiger partial charge in [0.15, 0.2) is 12.4 Å². The number of aromatic nitrogens is 1. The first-order chi connectivity index (χ1) is 20.3. The van der Waals surface area contributed by atoms with Crippen molar-refractivity contribution in [3.8, 4) is 11.8 Å². The molecule has 4 aromatic rings. The monoisotopic (exact) mass is 652 g/mol. The van der Waals surface area contributed by atoms with Crippen LogP contribution in [0.15, 0.2) is 77.3 Å². The summed E-state index contributed by atoms with van der Waals surface area (Å²) >= 11 is 0.778. The molecule has 43 heavy (non-hydrogen) atoms. The summed E-state index contributed by atoms with van der Waals surface area (Å²) in [4.78, 5) is 24.0. The molecular formula is C28H26F3N3O6PS2-. The maximum absolute atomic E-state index is 13.4. The zero-order valence-corrected chi connectivity index (χ0v) is 25.0. The molecule has 0 aliphatic carbocycles. The van der Waals surface area contributed by atoms with Crippen LogP contribution in [0.3, 0.4) is 0 Å². The first-order valence-corrected chi connectivity index (χ1v) is 16.9. The molecule has 9 nitrogen and oxygen atoms in total. The number of sulfonamides is 1. The van der Waals surface area contributed by atoms with Crippen LogP contribution in [0, 0.1) is 11.3 Å². The number of nitriles is 1. The van der Waals surface area contributed by atoms with Crippen molar-refractivity contribution in [1.82, 2.24) is 4.72 Å². The second kappa shape index (κ2) is 13.5. The van der Waals surface area contributed by atoms with Crippen molar-refractivity contribution in [3.05, 3.63) is 89.7 Å². The number of hydrogen-bond acceptors (Lipinski definition) is 8. The van der Waals surface area contributed by atoms with E-state index in [0.29, 0.717) is 28.5 Å². The molecule has 0 bridgehead atoms. The number of halogens is 3. The van der Waals surface area contributed by atoms with Crippen LogP contribution in [-0.2, 0) is 27.3 Å². The van der Waals surface area contributed by atoms with Crippen LogP contribution >= 0.6 is 18.9 Å². The van der Waals surface area contributed by atoms with Crippen molar-refractivity contribution in [2.24, 2.45) is 0 Å². The summed E-state index contributed by atoms with van der Waals surface area (Å²) < 4.78 is 88.3. The van der Waals surface area contributed by atoms with Crippen LogP contribution in [0.5, 0.6) is 5.75 Å². The van der Waals surface area contributed by atoms with Gasteiger partial charge in [0.2, 0.25) is 0 Å². The Labute approximate surface area is 250 Å². The number of thiophene rings is 1. The van der Waals surface area contributed by atoms with E-state index in [1.165, 1.54) is 12.1 Å². The molecular weight excluding hydrogens is 626 g/mol. The molecule has 0 spiro atoms. The molecule has 0 fully saturated rings. The number of alkyl halides is 3. The highest BCUT2D eigenvalue weighted by molar-refractivity contribution is 7.92. The van der Waals surface area contributed by atoms with Crippen LogP contribution in [0.2, 0.25) is 0 Å². The van der Waals surface area contributed by atoms with E-state index in [-0.39, 0.29) is 10.3 Å². The maximum atomic E-state index is 13.4. The van der Waals surface area contributed by atoms with E-state index < -0.39 is 46.3 Å². The molecule has 1 N–H and O–H groups in total. The second-order valence-electron chi connectivity index (χ2n) is 9.62. The molecule has 2 heterocycles.